The lowest BCUT2D eigenvalue weighted by Crippen LogP contribution is -2.69. The van der Waals surface area contributed by atoms with Crippen LogP contribution in [-0.2, 0) is 33.3 Å². The van der Waals surface area contributed by atoms with E-state index in [0.717, 1.165) is 32.1 Å². The summed E-state index contributed by atoms with van der Waals surface area (Å²) in [7, 11) is 0. The van der Waals surface area contributed by atoms with Crippen molar-refractivity contribution >= 4 is 11.7 Å². The third-order valence-electron chi connectivity index (χ3n) is 8.56. The molecule has 0 spiro atoms. The summed E-state index contributed by atoms with van der Waals surface area (Å²) in [6.45, 7) is 11.0. The summed E-state index contributed by atoms with van der Waals surface area (Å²) >= 11 is 0. The van der Waals surface area contributed by atoms with E-state index in [0.29, 0.717) is 19.6 Å². The van der Waals surface area contributed by atoms with E-state index < -0.39 is 36.4 Å². The molecule has 0 bridgehead atoms. The first kappa shape index (κ1) is 38.7. The molecular formula is C36H65NO7. The Kier molecular flexibility index (Phi) is 20.2. The van der Waals surface area contributed by atoms with E-state index in [1.165, 1.54) is 77.0 Å². The molecule has 2 fully saturated rings. The first-order chi connectivity index (χ1) is 21.3. The van der Waals surface area contributed by atoms with E-state index in [2.05, 4.69) is 19.2 Å². The van der Waals surface area contributed by atoms with Gasteiger partial charge >= 0.3 is 0 Å². The van der Waals surface area contributed by atoms with Crippen molar-refractivity contribution in [3.63, 3.8) is 0 Å². The standard InChI is InChI=1S/C36H65NO7/c1-6-9-11-13-15-17-18-20-22-24-29(38)27-31(39)37-32-34(40-26-23-21-19-16-14-12-10-7-2)33-30(28-42-36(4,5)44-33)43-35(32)41-25-8-3/h8,25,30,32-35H,6-7,9-24,26-28H2,1-5H3,(H,37,39)/b25-8-. The number of amides is 1. The van der Waals surface area contributed by atoms with E-state index >= 15 is 0 Å². The maximum Gasteiger partial charge on any atom is 0.227 e. The second-order valence-corrected chi connectivity index (χ2v) is 13.1. The Morgan fingerprint density at radius 1 is 0.841 bits per heavy atom. The van der Waals surface area contributed by atoms with E-state index in [4.69, 9.17) is 23.7 Å². The van der Waals surface area contributed by atoms with Gasteiger partial charge in [-0.25, -0.2) is 0 Å². The van der Waals surface area contributed by atoms with Gasteiger partial charge in [0.1, 0.15) is 30.1 Å². The zero-order chi connectivity index (χ0) is 32.0. The third kappa shape index (κ3) is 15.7. The van der Waals surface area contributed by atoms with E-state index in [-0.39, 0.29) is 18.1 Å². The number of ketones is 1. The van der Waals surface area contributed by atoms with Gasteiger partial charge in [0.2, 0.25) is 12.2 Å². The van der Waals surface area contributed by atoms with Gasteiger partial charge in [0.05, 0.1) is 19.3 Å². The highest BCUT2D eigenvalue weighted by Gasteiger charge is 2.53. The fraction of sp³-hybridized carbons (Fsp3) is 0.889. The van der Waals surface area contributed by atoms with Crippen LogP contribution in [0.25, 0.3) is 0 Å². The van der Waals surface area contributed by atoms with Crippen LogP contribution in [0.5, 0.6) is 0 Å². The van der Waals surface area contributed by atoms with Crippen molar-refractivity contribution in [3.05, 3.63) is 12.3 Å². The summed E-state index contributed by atoms with van der Waals surface area (Å²) < 4.78 is 30.9. The average Bonchev–Trinajstić information content (AvgIpc) is 2.99. The lowest BCUT2D eigenvalue weighted by molar-refractivity contribution is -0.368. The van der Waals surface area contributed by atoms with Crippen LogP contribution in [-0.4, -0.2) is 61.3 Å². The van der Waals surface area contributed by atoms with Crippen LogP contribution in [0.3, 0.4) is 0 Å². The number of Topliss-reactive ketones (excluding diaryl/α,β-unsaturated/α-hetero) is 1. The van der Waals surface area contributed by atoms with Gasteiger partial charge in [-0.05, 0) is 33.6 Å². The van der Waals surface area contributed by atoms with Crippen molar-refractivity contribution in [1.82, 2.24) is 5.32 Å². The van der Waals surface area contributed by atoms with Crippen molar-refractivity contribution < 1.29 is 33.3 Å². The largest absolute Gasteiger partial charge is 0.471 e. The molecule has 5 unspecified atom stereocenters. The number of nitrogens with one attached hydrogen (secondary N) is 1. The van der Waals surface area contributed by atoms with Crippen LogP contribution in [0.2, 0.25) is 0 Å². The lowest BCUT2D eigenvalue weighted by atomic mass is 9.94. The number of rotatable bonds is 25. The van der Waals surface area contributed by atoms with Crippen LogP contribution in [0, 0.1) is 0 Å². The molecule has 44 heavy (non-hydrogen) atoms. The minimum Gasteiger partial charge on any atom is -0.471 e. The second-order valence-electron chi connectivity index (χ2n) is 13.1. The van der Waals surface area contributed by atoms with Gasteiger partial charge in [-0.1, -0.05) is 116 Å². The van der Waals surface area contributed by atoms with Crippen LogP contribution in [0.15, 0.2) is 12.3 Å². The predicted octanol–water partition coefficient (Wildman–Crippen LogP) is 8.30. The molecule has 1 N–H and O–H groups in total. The topological polar surface area (TPSA) is 92.3 Å². The zero-order valence-corrected chi connectivity index (χ0v) is 28.7. The molecule has 5 atom stereocenters. The Morgan fingerprint density at radius 2 is 1.41 bits per heavy atom. The number of hydrogen-bond donors (Lipinski definition) is 1. The normalized spacial score (nSPS) is 24.7. The number of unbranched alkanes of at least 4 members (excludes halogenated alkanes) is 15. The SMILES string of the molecule is C/C=C\OC1OC2COC(C)(C)OC2C(OCCCCCCCCCC)C1NC(=O)CC(=O)CCCCCCCCCCC. The third-order valence-corrected chi connectivity index (χ3v) is 8.56. The van der Waals surface area contributed by atoms with Gasteiger partial charge in [0, 0.05) is 13.0 Å². The van der Waals surface area contributed by atoms with Gasteiger partial charge in [-0.3, -0.25) is 9.59 Å². The molecule has 256 valence electrons. The maximum absolute atomic E-state index is 13.2. The Hall–Kier alpha value is -1.48. The molecule has 0 aliphatic carbocycles. The van der Waals surface area contributed by atoms with Crippen molar-refractivity contribution in [2.24, 2.45) is 0 Å². The number of carbonyl (C=O) groups is 2. The Morgan fingerprint density at radius 3 is 2.00 bits per heavy atom. The van der Waals surface area contributed by atoms with Gasteiger partial charge < -0.3 is 29.0 Å². The number of hydrogen-bond acceptors (Lipinski definition) is 7. The quantitative estimate of drug-likeness (QED) is 0.0621. The lowest BCUT2D eigenvalue weighted by Gasteiger charge is -2.50. The highest BCUT2D eigenvalue weighted by Crippen LogP contribution is 2.34. The fourth-order valence-corrected chi connectivity index (χ4v) is 6.04. The summed E-state index contributed by atoms with van der Waals surface area (Å²) in [5.74, 6) is -1.17. The number of carbonyl (C=O) groups excluding carboxylic acids is 2. The summed E-state index contributed by atoms with van der Waals surface area (Å²) in [6.07, 6.45) is 21.8. The van der Waals surface area contributed by atoms with Crippen molar-refractivity contribution in [2.45, 2.75) is 193 Å². The second kappa shape index (κ2) is 22.9. The number of ether oxygens (including phenoxy) is 5. The molecule has 0 saturated carbocycles. The molecule has 0 aromatic carbocycles. The first-order valence-corrected chi connectivity index (χ1v) is 18.0. The molecule has 2 aliphatic rings. The smallest absolute Gasteiger partial charge is 0.227 e. The molecule has 8 heteroatoms. The highest BCUT2D eigenvalue weighted by atomic mass is 16.8. The maximum atomic E-state index is 13.2. The van der Waals surface area contributed by atoms with Crippen molar-refractivity contribution in [3.8, 4) is 0 Å². The van der Waals surface area contributed by atoms with Crippen LogP contribution < -0.4 is 5.32 Å². The Balaban J connectivity index is 1.92. The molecular weight excluding hydrogens is 558 g/mol. The van der Waals surface area contributed by atoms with Crippen molar-refractivity contribution in [2.75, 3.05) is 13.2 Å². The summed E-state index contributed by atoms with van der Waals surface area (Å²) in [4.78, 5) is 25.9. The Labute approximate surface area is 268 Å². The first-order valence-electron chi connectivity index (χ1n) is 18.0. The van der Waals surface area contributed by atoms with Crippen LogP contribution >= 0.6 is 0 Å². The monoisotopic (exact) mass is 623 g/mol. The molecule has 2 rings (SSSR count). The zero-order valence-electron chi connectivity index (χ0n) is 28.7. The highest BCUT2D eigenvalue weighted by molar-refractivity contribution is 5.98. The molecule has 1 amide bonds. The molecule has 2 heterocycles. The summed E-state index contributed by atoms with van der Waals surface area (Å²) in [5, 5.41) is 3.05. The number of allylic oxidation sites excluding steroid dienone is 1. The average molecular weight is 624 g/mol. The molecule has 0 aromatic heterocycles. The number of fused-ring (bicyclic) bond motifs is 1. The van der Waals surface area contributed by atoms with Crippen LogP contribution in [0.1, 0.15) is 157 Å². The molecule has 2 saturated heterocycles. The van der Waals surface area contributed by atoms with E-state index in [9.17, 15) is 9.59 Å². The fourth-order valence-electron chi connectivity index (χ4n) is 6.04. The molecule has 2 aliphatic heterocycles. The molecule has 0 radical (unpaired) electrons. The summed E-state index contributed by atoms with van der Waals surface area (Å²) in [6, 6.07) is -0.636. The van der Waals surface area contributed by atoms with E-state index in [1.807, 2.05) is 20.8 Å². The van der Waals surface area contributed by atoms with Gasteiger partial charge in [-0.2, -0.15) is 0 Å². The van der Waals surface area contributed by atoms with Gasteiger partial charge in [0.25, 0.3) is 0 Å². The minimum absolute atomic E-state index is 0.0363. The molecule has 8 nitrogen and oxygen atoms in total. The van der Waals surface area contributed by atoms with E-state index in [1.54, 1.807) is 12.3 Å². The van der Waals surface area contributed by atoms with Gasteiger partial charge in [0.15, 0.2) is 5.79 Å². The minimum atomic E-state index is -0.804. The summed E-state index contributed by atoms with van der Waals surface area (Å²) in [5.41, 5.74) is 0. The predicted molar refractivity (Wildman–Crippen MR) is 175 cm³/mol. The molecule has 0 aromatic rings. The Bertz CT molecular complexity index is 801. The van der Waals surface area contributed by atoms with Gasteiger partial charge in [-0.15, -0.1) is 0 Å². The van der Waals surface area contributed by atoms with Crippen molar-refractivity contribution in [1.29, 1.82) is 0 Å². The van der Waals surface area contributed by atoms with Crippen LogP contribution in [0.4, 0.5) is 0 Å².